The third kappa shape index (κ3) is 1.99. The van der Waals surface area contributed by atoms with Crippen LogP contribution in [-0.4, -0.2) is 5.91 Å². The Kier molecular flexibility index (Phi) is 2.59. The third-order valence-electron chi connectivity index (χ3n) is 3.24. The van der Waals surface area contributed by atoms with Crippen molar-refractivity contribution in [1.82, 2.24) is 0 Å². The molecule has 0 saturated heterocycles. The molecule has 0 atom stereocenters. The van der Waals surface area contributed by atoms with Crippen LogP contribution in [0.4, 0.5) is 14.5 Å². The van der Waals surface area contributed by atoms with Crippen LogP contribution in [-0.2, 0) is 11.2 Å². The van der Waals surface area contributed by atoms with Crippen LogP contribution in [0.5, 0.6) is 0 Å². The zero-order chi connectivity index (χ0) is 13.6. The van der Waals surface area contributed by atoms with Crippen molar-refractivity contribution in [3.05, 3.63) is 53.1 Å². The lowest BCUT2D eigenvalue weighted by Crippen LogP contribution is -2.05. The Labute approximate surface area is 109 Å². The number of anilines is 1. The van der Waals surface area contributed by atoms with Crippen molar-refractivity contribution < 1.29 is 13.6 Å². The van der Waals surface area contributed by atoms with E-state index >= 15 is 0 Å². The quantitative estimate of drug-likeness (QED) is 0.712. The molecular formula is C15H11F2NO. The van der Waals surface area contributed by atoms with E-state index in [-0.39, 0.29) is 5.91 Å². The maximum atomic E-state index is 13.7. The molecule has 0 bridgehead atoms. The van der Waals surface area contributed by atoms with Crippen LogP contribution in [0.15, 0.2) is 30.3 Å². The van der Waals surface area contributed by atoms with Crippen LogP contribution in [0.1, 0.15) is 18.1 Å². The van der Waals surface area contributed by atoms with Crippen molar-refractivity contribution in [3.63, 3.8) is 0 Å². The second-order valence-electron chi connectivity index (χ2n) is 4.64. The summed E-state index contributed by atoms with van der Waals surface area (Å²) in [5.74, 6) is -1.25. The van der Waals surface area contributed by atoms with E-state index in [1.807, 2.05) is 0 Å². The number of fused-ring (bicyclic) bond motifs is 3. The molecule has 1 aliphatic carbocycles. The monoisotopic (exact) mass is 259 g/mol. The van der Waals surface area contributed by atoms with Gasteiger partial charge < -0.3 is 5.32 Å². The number of amides is 1. The molecule has 19 heavy (non-hydrogen) atoms. The van der Waals surface area contributed by atoms with Crippen molar-refractivity contribution in [2.24, 2.45) is 0 Å². The first kappa shape index (κ1) is 11.8. The van der Waals surface area contributed by atoms with E-state index in [0.29, 0.717) is 23.2 Å². The molecule has 2 aromatic carbocycles. The van der Waals surface area contributed by atoms with Gasteiger partial charge >= 0.3 is 0 Å². The van der Waals surface area contributed by atoms with Crippen LogP contribution in [0.25, 0.3) is 11.1 Å². The molecule has 0 aromatic heterocycles. The Morgan fingerprint density at radius 2 is 1.95 bits per heavy atom. The predicted octanol–water partition coefficient (Wildman–Crippen LogP) is 3.49. The van der Waals surface area contributed by atoms with Gasteiger partial charge in [-0.1, -0.05) is 6.07 Å². The smallest absolute Gasteiger partial charge is 0.221 e. The largest absolute Gasteiger partial charge is 0.326 e. The molecule has 0 unspecified atom stereocenters. The molecular weight excluding hydrogens is 248 g/mol. The summed E-state index contributed by atoms with van der Waals surface area (Å²) < 4.78 is 27.0. The maximum absolute atomic E-state index is 13.7. The summed E-state index contributed by atoms with van der Waals surface area (Å²) in [6.45, 7) is 1.43. The number of benzene rings is 2. The zero-order valence-corrected chi connectivity index (χ0v) is 10.3. The summed E-state index contributed by atoms with van der Waals surface area (Å²) in [5.41, 5.74) is 3.49. The summed E-state index contributed by atoms with van der Waals surface area (Å²) in [7, 11) is 0. The van der Waals surface area contributed by atoms with Crippen LogP contribution in [0, 0.1) is 11.6 Å². The lowest BCUT2D eigenvalue weighted by atomic mass is 10.1. The summed E-state index contributed by atoms with van der Waals surface area (Å²) >= 11 is 0. The topological polar surface area (TPSA) is 29.1 Å². The van der Waals surface area contributed by atoms with Crippen LogP contribution >= 0.6 is 0 Å². The second kappa shape index (κ2) is 4.16. The molecule has 96 valence electrons. The van der Waals surface area contributed by atoms with Crippen molar-refractivity contribution in [1.29, 1.82) is 0 Å². The van der Waals surface area contributed by atoms with Crippen molar-refractivity contribution in [3.8, 4) is 11.1 Å². The van der Waals surface area contributed by atoms with E-state index in [9.17, 15) is 13.6 Å². The summed E-state index contributed by atoms with van der Waals surface area (Å²) in [5, 5.41) is 2.68. The average Bonchev–Trinajstić information content (AvgIpc) is 2.66. The molecule has 2 nitrogen and oxygen atoms in total. The Hall–Kier alpha value is -2.23. The molecule has 2 aromatic rings. The molecule has 1 amide bonds. The minimum Gasteiger partial charge on any atom is -0.326 e. The van der Waals surface area contributed by atoms with Gasteiger partial charge in [0, 0.05) is 30.7 Å². The molecule has 1 aliphatic rings. The Morgan fingerprint density at radius 3 is 2.68 bits per heavy atom. The molecule has 0 heterocycles. The predicted molar refractivity (Wildman–Crippen MR) is 68.9 cm³/mol. The zero-order valence-electron chi connectivity index (χ0n) is 10.3. The SMILES string of the molecule is CC(=O)Nc1ccc2c(c1)Cc1c(F)cc(F)cc1-2. The van der Waals surface area contributed by atoms with Crippen LogP contribution < -0.4 is 5.32 Å². The summed E-state index contributed by atoms with van der Waals surface area (Å²) in [6.07, 6.45) is 0.421. The van der Waals surface area contributed by atoms with Crippen LogP contribution in [0.2, 0.25) is 0 Å². The first-order valence-corrected chi connectivity index (χ1v) is 5.93. The van der Waals surface area contributed by atoms with E-state index in [4.69, 9.17) is 0 Å². The maximum Gasteiger partial charge on any atom is 0.221 e. The number of hydrogen-bond donors (Lipinski definition) is 1. The number of rotatable bonds is 1. The lowest BCUT2D eigenvalue weighted by Gasteiger charge is -2.05. The van der Waals surface area contributed by atoms with E-state index in [1.54, 1.807) is 18.2 Å². The first-order chi connectivity index (χ1) is 9.04. The highest BCUT2D eigenvalue weighted by Gasteiger charge is 2.22. The first-order valence-electron chi connectivity index (χ1n) is 5.93. The van der Waals surface area contributed by atoms with Crippen molar-refractivity contribution in [2.75, 3.05) is 5.32 Å². The molecule has 0 saturated carbocycles. The highest BCUT2D eigenvalue weighted by Crippen LogP contribution is 2.39. The fraction of sp³-hybridized carbons (Fsp3) is 0.133. The molecule has 4 heteroatoms. The highest BCUT2D eigenvalue weighted by molar-refractivity contribution is 5.90. The number of carbonyl (C=O) groups excluding carboxylic acids is 1. The second-order valence-corrected chi connectivity index (χ2v) is 4.64. The summed E-state index contributed by atoms with van der Waals surface area (Å²) in [6, 6.07) is 7.57. The van der Waals surface area contributed by atoms with Gasteiger partial charge in [-0.05, 0) is 34.9 Å². The fourth-order valence-corrected chi connectivity index (χ4v) is 2.50. The minimum atomic E-state index is -0.574. The Bertz CT molecular complexity index is 695. The standard InChI is InChI=1S/C15H11F2NO/c1-8(19)18-11-2-3-12-9(4-11)5-14-13(12)6-10(16)7-15(14)17/h2-4,6-7H,5H2,1H3,(H,18,19). The average molecular weight is 259 g/mol. The van der Waals surface area contributed by atoms with Gasteiger partial charge in [0.25, 0.3) is 0 Å². The van der Waals surface area contributed by atoms with Crippen LogP contribution in [0.3, 0.4) is 0 Å². The van der Waals surface area contributed by atoms with E-state index in [2.05, 4.69) is 5.32 Å². The van der Waals surface area contributed by atoms with E-state index < -0.39 is 11.6 Å². The molecule has 0 fully saturated rings. The van der Waals surface area contributed by atoms with Gasteiger partial charge in [-0.25, -0.2) is 8.78 Å². The number of nitrogens with one attached hydrogen (secondary N) is 1. The van der Waals surface area contributed by atoms with Gasteiger partial charge in [0.05, 0.1) is 0 Å². The Morgan fingerprint density at radius 1 is 1.16 bits per heavy atom. The van der Waals surface area contributed by atoms with Gasteiger partial charge in [0.15, 0.2) is 0 Å². The molecule has 0 aliphatic heterocycles. The minimum absolute atomic E-state index is 0.160. The van der Waals surface area contributed by atoms with E-state index in [0.717, 1.165) is 17.2 Å². The van der Waals surface area contributed by atoms with Gasteiger partial charge in [-0.2, -0.15) is 0 Å². The molecule has 0 radical (unpaired) electrons. The molecule has 3 rings (SSSR count). The van der Waals surface area contributed by atoms with Gasteiger partial charge in [-0.3, -0.25) is 4.79 Å². The lowest BCUT2D eigenvalue weighted by molar-refractivity contribution is -0.114. The van der Waals surface area contributed by atoms with Gasteiger partial charge in [-0.15, -0.1) is 0 Å². The number of halogens is 2. The normalized spacial score (nSPS) is 11.9. The van der Waals surface area contributed by atoms with Gasteiger partial charge in [0.1, 0.15) is 11.6 Å². The number of hydrogen-bond acceptors (Lipinski definition) is 1. The summed E-state index contributed by atoms with van der Waals surface area (Å²) in [4.78, 5) is 11.0. The number of carbonyl (C=O) groups is 1. The van der Waals surface area contributed by atoms with Crippen molar-refractivity contribution >= 4 is 11.6 Å². The molecule has 1 N–H and O–H groups in total. The van der Waals surface area contributed by atoms with Crippen molar-refractivity contribution in [2.45, 2.75) is 13.3 Å². The molecule has 0 spiro atoms. The van der Waals surface area contributed by atoms with E-state index in [1.165, 1.54) is 13.0 Å². The highest BCUT2D eigenvalue weighted by atomic mass is 19.1. The Balaban J connectivity index is 2.09. The van der Waals surface area contributed by atoms with Gasteiger partial charge in [0.2, 0.25) is 5.91 Å². The fourth-order valence-electron chi connectivity index (χ4n) is 2.50. The third-order valence-corrected chi connectivity index (χ3v) is 3.24.